The Morgan fingerprint density at radius 2 is 1.88 bits per heavy atom. The first-order valence-corrected chi connectivity index (χ1v) is 6.42. The molecule has 1 amide bonds. The molecule has 0 saturated carbocycles. The van der Waals surface area contributed by atoms with Gasteiger partial charge in [-0.05, 0) is 5.56 Å². The fraction of sp³-hybridized carbons (Fsp3) is 0.143. The van der Waals surface area contributed by atoms with E-state index in [9.17, 15) is 22.8 Å². The molecule has 0 fully saturated rings. The van der Waals surface area contributed by atoms with Crippen LogP contribution in [0.2, 0.25) is 0 Å². The smallest absolute Gasteiger partial charge is 0.434 e. The summed E-state index contributed by atoms with van der Waals surface area (Å²) in [7, 11) is 0. The SMILES string of the molecule is O=C(Nc1ncc(C(=O)O)c(C(F)(F)F)n1)OCc1ccccc1. The number of rotatable bonds is 4. The summed E-state index contributed by atoms with van der Waals surface area (Å²) < 4.78 is 43.2. The molecule has 0 bridgehead atoms. The maximum atomic E-state index is 12.8. The van der Waals surface area contributed by atoms with E-state index in [1.807, 2.05) is 5.32 Å². The van der Waals surface area contributed by atoms with Gasteiger partial charge < -0.3 is 9.84 Å². The molecule has 126 valence electrons. The number of carboxylic acid groups (broad SMARTS) is 1. The first-order chi connectivity index (χ1) is 11.3. The normalized spacial score (nSPS) is 11.0. The third-order valence-corrected chi connectivity index (χ3v) is 2.71. The van der Waals surface area contributed by atoms with Gasteiger partial charge in [-0.1, -0.05) is 30.3 Å². The van der Waals surface area contributed by atoms with Gasteiger partial charge in [-0.25, -0.2) is 19.6 Å². The van der Waals surface area contributed by atoms with Gasteiger partial charge >= 0.3 is 18.2 Å². The summed E-state index contributed by atoms with van der Waals surface area (Å²) in [5, 5.41) is 10.6. The van der Waals surface area contributed by atoms with Crippen molar-refractivity contribution in [2.24, 2.45) is 0 Å². The van der Waals surface area contributed by atoms with Crippen molar-refractivity contribution >= 4 is 18.0 Å². The van der Waals surface area contributed by atoms with Gasteiger partial charge in [0.25, 0.3) is 0 Å². The standard InChI is InChI=1S/C14H10F3N3O4/c15-14(16,17)10-9(11(21)22)6-18-12(19-10)20-13(23)24-7-8-4-2-1-3-5-8/h1-6H,7H2,(H,21,22)(H,18,19,20,23). The van der Waals surface area contributed by atoms with E-state index < -0.39 is 35.4 Å². The summed E-state index contributed by atoms with van der Waals surface area (Å²) in [6, 6.07) is 8.58. The Hall–Kier alpha value is -3.17. The Morgan fingerprint density at radius 3 is 2.46 bits per heavy atom. The van der Waals surface area contributed by atoms with Crippen LogP contribution in [-0.4, -0.2) is 27.1 Å². The van der Waals surface area contributed by atoms with E-state index in [1.165, 1.54) is 0 Å². The number of benzene rings is 1. The van der Waals surface area contributed by atoms with E-state index >= 15 is 0 Å². The van der Waals surface area contributed by atoms with Crippen LogP contribution in [0.25, 0.3) is 0 Å². The second-order valence-corrected chi connectivity index (χ2v) is 4.45. The van der Waals surface area contributed by atoms with Crippen LogP contribution in [-0.2, 0) is 17.5 Å². The number of amides is 1. The molecule has 1 aromatic carbocycles. The number of ether oxygens (including phenoxy) is 1. The molecule has 0 spiro atoms. The van der Waals surface area contributed by atoms with Crippen LogP contribution >= 0.6 is 0 Å². The Morgan fingerprint density at radius 1 is 1.21 bits per heavy atom. The van der Waals surface area contributed by atoms with E-state index in [2.05, 4.69) is 9.97 Å². The lowest BCUT2D eigenvalue weighted by molar-refractivity contribution is -0.141. The van der Waals surface area contributed by atoms with E-state index in [-0.39, 0.29) is 6.61 Å². The molecule has 1 aromatic heterocycles. The Balaban J connectivity index is 2.09. The van der Waals surface area contributed by atoms with Crippen molar-refractivity contribution in [2.45, 2.75) is 12.8 Å². The fourth-order valence-electron chi connectivity index (χ4n) is 1.67. The second kappa shape index (κ2) is 6.94. The fourth-order valence-corrected chi connectivity index (χ4v) is 1.67. The molecule has 0 radical (unpaired) electrons. The zero-order chi connectivity index (χ0) is 17.7. The van der Waals surface area contributed by atoms with Gasteiger partial charge in [0.2, 0.25) is 5.95 Å². The first-order valence-electron chi connectivity index (χ1n) is 6.42. The van der Waals surface area contributed by atoms with Crippen molar-refractivity contribution in [3.63, 3.8) is 0 Å². The molecule has 1 heterocycles. The quantitative estimate of drug-likeness (QED) is 0.886. The predicted octanol–water partition coefficient (Wildman–Crippen LogP) is 2.94. The Kier molecular flexibility index (Phi) is 4.97. The van der Waals surface area contributed by atoms with E-state index in [1.54, 1.807) is 30.3 Å². The highest BCUT2D eigenvalue weighted by Gasteiger charge is 2.38. The molecule has 0 saturated heterocycles. The maximum absolute atomic E-state index is 12.8. The summed E-state index contributed by atoms with van der Waals surface area (Å²) in [6.45, 7) is -0.105. The maximum Gasteiger partial charge on any atom is 0.434 e. The number of aromatic nitrogens is 2. The number of nitrogens with zero attached hydrogens (tertiary/aromatic N) is 2. The third-order valence-electron chi connectivity index (χ3n) is 2.71. The lowest BCUT2D eigenvalue weighted by atomic mass is 10.2. The van der Waals surface area contributed by atoms with Crippen LogP contribution in [0.5, 0.6) is 0 Å². The molecule has 0 aliphatic carbocycles. The lowest BCUT2D eigenvalue weighted by Crippen LogP contribution is -2.20. The second-order valence-electron chi connectivity index (χ2n) is 4.45. The average molecular weight is 341 g/mol. The molecular weight excluding hydrogens is 331 g/mol. The number of carbonyl (C=O) groups is 2. The zero-order valence-electron chi connectivity index (χ0n) is 11.9. The van der Waals surface area contributed by atoms with Crippen molar-refractivity contribution in [3.8, 4) is 0 Å². The summed E-state index contributed by atoms with van der Waals surface area (Å²) >= 11 is 0. The van der Waals surface area contributed by atoms with Gasteiger partial charge in [0.15, 0.2) is 5.69 Å². The summed E-state index contributed by atoms with van der Waals surface area (Å²) in [6.07, 6.45) is -5.62. The minimum absolute atomic E-state index is 0.105. The first kappa shape index (κ1) is 17.2. The highest BCUT2D eigenvalue weighted by molar-refractivity contribution is 5.89. The van der Waals surface area contributed by atoms with Crippen molar-refractivity contribution in [3.05, 3.63) is 53.3 Å². The number of alkyl halides is 3. The summed E-state index contributed by atoms with van der Waals surface area (Å²) in [5.74, 6) is -2.55. The van der Waals surface area contributed by atoms with Crippen LogP contribution < -0.4 is 5.32 Å². The average Bonchev–Trinajstić information content (AvgIpc) is 2.53. The van der Waals surface area contributed by atoms with E-state index in [4.69, 9.17) is 9.84 Å². The van der Waals surface area contributed by atoms with Crippen LogP contribution in [0.1, 0.15) is 21.6 Å². The van der Waals surface area contributed by atoms with Crippen molar-refractivity contribution in [1.29, 1.82) is 0 Å². The number of hydrogen-bond acceptors (Lipinski definition) is 5. The minimum atomic E-state index is -5.01. The van der Waals surface area contributed by atoms with E-state index in [0.29, 0.717) is 11.8 Å². The van der Waals surface area contributed by atoms with Crippen molar-refractivity contribution < 1.29 is 32.6 Å². The molecule has 2 aromatic rings. The molecule has 24 heavy (non-hydrogen) atoms. The van der Waals surface area contributed by atoms with Crippen molar-refractivity contribution in [1.82, 2.24) is 9.97 Å². The molecule has 0 atom stereocenters. The zero-order valence-corrected chi connectivity index (χ0v) is 11.9. The van der Waals surface area contributed by atoms with Crippen LogP contribution in [0.4, 0.5) is 23.9 Å². The number of halogens is 3. The van der Waals surface area contributed by atoms with E-state index in [0.717, 1.165) is 0 Å². The lowest BCUT2D eigenvalue weighted by Gasteiger charge is -2.11. The Bertz CT molecular complexity index is 751. The number of hydrogen-bond donors (Lipinski definition) is 2. The summed E-state index contributed by atoms with van der Waals surface area (Å²) in [4.78, 5) is 28.7. The highest BCUT2D eigenvalue weighted by atomic mass is 19.4. The number of anilines is 1. The molecule has 7 nitrogen and oxygen atoms in total. The monoisotopic (exact) mass is 341 g/mol. The van der Waals surface area contributed by atoms with Crippen LogP contribution in [0.15, 0.2) is 36.5 Å². The Labute approximate surface area is 133 Å². The number of nitrogens with one attached hydrogen (secondary N) is 1. The molecule has 0 aliphatic rings. The highest BCUT2D eigenvalue weighted by Crippen LogP contribution is 2.30. The molecule has 0 aliphatic heterocycles. The molecule has 2 rings (SSSR count). The molecular formula is C14H10F3N3O4. The topological polar surface area (TPSA) is 101 Å². The number of carbonyl (C=O) groups excluding carboxylic acids is 1. The van der Waals surface area contributed by atoms with Crippen molar-refractivity contribution in [2.75, 3.05) is 5.32 Å². The largest absolute Gasteiger partial charge is 0.478 e. The van der Waals surface area contributed by atoms with Gasteiger partial charge in [0.05, 0.1) is 0 Å². The van der Waals surface area contributed by atoms with Crippen LogP contribution in [0.3, 0.4) is 0 Å². The van der Waals surface area contributed by atoms with Crippen LogP contribution in [0, 0.1) is 0 Å². The number of aromatic carboxylic acids is 1. The predicted molar refractivity (Wildman–Crippen MR) is 74.2 cm³/mol. The third kappa shape index (κ3) is 4.41. The summed E-state index contributed by atoms with van der Waals surface area (Å²) in [5.41, 5.74) is -2.11. The minimum Gasteiger partial charge on any atom is -0.478 e. The molecule has 0 unspecified atom stereocenters. The molecule has 2 N–H and O–H groups in total. The van der Waals surface area contributed by atoms with Gasteiger partial charge in [0.1, 0.15) is 12.2 Å². The van der Waals surface area contributed by atoms with Gasteiger partial charge in [-0.2, -0.15) is 13.2 Å². The molecule has 10 heteroatoms. The van der Waals surface area contributed by atoms with Gasteiger partial charge in [0, 0.05) is 6.20 Å². The van der Waals surface area contributed by atoms with Gasteiger partial charge in [-0.3, -0.25) is 5.32 Å². The number of carboxylic acids is 1. The van der Waals surface area contributed by atoms with Gasteiger partial charge in [-0.15, -0.1) is 0 Å².